The summed E-state index contributed by atoms with van der Waals surface area (Å²) in [6, 6.07) is 5.79. The number of thiophene rings is 1. The van der Waals surface area contributed by atoms with Gasteiger partial charge in [0.2, 0.25) is 5.76 Å². The Kier molecular flexibility index (Phi) is 7.07. The number of hydrogen-bond donors (Lipinski definition) is 2. The lowest BCUT2D eigenvalue weighted by molar-refractivity contribution is -0.192. The zero-order chi connectivity index (χ0) is 22.4. The van der Waals surface area contributed by atoms with Gasteiger partial charge in [-0.1, -0.05) is 11.2 Å². The van der Waals surface area contributed by atoms with Gasteiger partial charge in [0.15, 0.2) is 0 Å². The van der Waals surface area contributed by atoms with Gasteiger partial charge in [-0.3, -0.25) is 9.69 Å². The average molecular weight is 457 g/mol. The number of fused-ring (bicyclic) bond motifs is 1. The second-order valence-corrected chi connectivity index (χ2v) is 7.50. The zero-order valence-corrected chi connectivity index (χ0v) is 16.8. The number of nitrogens with one attached hydrogen (secondary N) is 1. The largest absolute Gasteiger partial charge is 0.490 e. The van der Waals surface area contributed by atoms with E-state index in [1.54, 1.807) is 17.4 Å². The highest BCUT2D eigenvalue weighted by Gasteiger charge is 2.38. The summed E-state index contributed by atoms with van der Waals surface area (Å²) in [4.78, 5) is 29.1. The minimum absolute atomic E-state index is 0.218. The van der Waals surface area contributed by atoms with Gasteiger partial charge >= 0.3 is 12.1 Å². The van der Waals surface area contributed by atoms with E-state index in [0.717, 1.165) is 37.7 Å². The van der Waals surface area contributed by atoms with Gasteiger partial charge in [-0.05, 0) is 11.4 Å². The normalized spacial score (nSPS) is 13.8. The third-order valence-corrected chi connectivity index (χ3v) is 5.18. The molecule has 0 saturated heterocycles. The Morgan fingerprint density at radius 1 is 1.29 bits per heavy atom. The molecule has 4 rings (SSSR count). The SMILES string of the molecule is O=C(NCc1cnc2n1CCN(Cc1cccs1)C2)c1ccno1.O=C(O)C(F)(F)F. The highest BCUT2D eigenvalue weighted by atomic mass is 32.1. The highest BCUT2D eigenvalue weighted by molar-refractivity contribution is 7.09. The number of rotatable bonds is 5. The Morgan fingerprint density at radius 2 is 2.06 bits per heavy atom. The molecule has 31 heavy (non-hydrogen) atoms. The van der Waals surface area contributed by atoms with E-state index in [1.807, 2.05) is 6.20 Å². The van der Waals surface area contributed by atoms with E-state index in [9.17, 15) is 18.0 Å². The van der Waals surface area contributed by atoms with Gasteiger partial charge < -0.3 is 19.5 Å². The molecule has 0 aliphatic carbocycles. The Hall–Kier alpha value is -3.19. The van der Waals surface area contributed by atoms with Crippen LogP contribution in [0.3, 0.4) is 0 Å². The molecule has 4 heterocycles. The highest BCUT2D eigenvalue weighted by Crippen LogP contribution is 2.19. The maximum Gasteiger partial charge on any atom is 0.490 e. The lowest BCUT2D eigenvalue weighted by Gasteiger charge is -2.28. The van der Waals surface area contributed by atoms with Crippen molar-refractivity contribution in [3.05, 3.63) is 58.1 Å². The van der Waals surface area contributed by atoms with E-state index in [-0.39, 0.29) is 11.7 Å². The van der Waals surface area contributed by atoms with Crippen LogP contribution in [0, 0.1) is 0 Å². The fourth-order valence-electron chi connectivity index (χ4n) is 2.86. The van der Waals surface area contributed by atoms with Gasteiger partial charge in [0, 0.05) is 30.6 Å². The van der Waals surface area contributed by atoms with Crippen molar-refractivity contribution in [2.45, 2.75) is 32.4 Å². The van der Waals surface area contributed by atoms with Crippen molar-refractivity contribution in [1.82, 2.24) is 24.9 Å². The van der Waals surface area contributed by atoms with E-state index in [1.165, 1.54) is 11.1 Å². The molecule has 1 aliphatic rings. The number of imidazole rings is 1. The van der Waals surface area contributed by atoms with Crippen LogP contribution in [0.4, 0.5) is 13.2 Å². The predicted octanol–water partition coefficient (Wildman–Crippen LogP) is 2.51. The number of aromatic nitrogens is 3. The van der Waals surface area contributed by atoms with E-state index in [2.05, 4.69) is 42.4 Å². The lowest BCUT2D eigenvalue weighted by Crippen LogP contribution is -2.34. The number of carbonyl (C=O) groups excluding carboxylic acids is 1. The van der Waals surface area contributed by atoms with Crippen molar-refractivity contribution < 1.29 is 32.4 Å². The third-order valence-electron chi connectivity index (χ3n) is 4.32. The quantitative estimate of drug-likeness (QED) is 0.605. The number of nitrogens with zero attached hydrogens (tertiary/aromatic N) is 4. The summed E-state index contributed by atoms with van der Waals surface area (Å²) in [5.74, 6) is -1.76. The molecule has 0 unspecified atom stereocenters. The fraction of sp³-hybridized carbons (Fsp3) is 0.333. The summed E-state index contributed by atoms with van der Waals surface area (Å²) in [5, 5.41) is 15.6. The number of carboxylic acids is 1. The summed E-state index contributed by atoms with van der Waals surface area (Å²) in [6.07, 6.45) is -1.79. The first-order valence-corrected chi connectivity index (χ1v) is 9.89. The van der Waals surface area contributed by atoms with Gasteiger partial charge in [0.05, 0.1) is 31.2 Å². The molecule has 1 aliphatic heterocycles. The number of carboxylic acid groups (broad SMARTS) is 1. The fourth-order valence-corrected chi connectivity index (χ4v) is 3.61. The van der Waals surface area contributed by atoms with Gasteiger partial charge in [-0.15, -0.1) is 11.3 Å². The van der Waals surface area contributed by atoms with Crippen molar-refractivity contribution >= 4 is 23.2 Å². The number of alkyl halides is 3. The minimum Gasteiger partial charge on any atom is -0.475 e. The zero-order valence-electron chi connectivity index (χ0n) is 16.0. The number of amides is 1. The summed E-state index contributed by atoms with van der Waals surface area (Å²) in [6.45, 7) is 4.08. The maximum atomic E-state index is 11.9. The van der Waals surface area contributed by atoms with Crippen LogP contribution in [0.25, 0.3) is 0 Å². The molecular formula is C18H18F3N5O4S. The van der Waals surface area contributed by atoms with Crippen LogP contribution in [-0.2, 0) is 31.0 Å². The molecule has 3 aromatic rings. The first kappa shape index (κ1) is 22.5. The van der Waals surface area contributed by atoms with Crippen LogP contribution in [0.2, 0.25) is 0 Å². The summed E-state index contributed by atoms with van der Waals surface area (Å²) in [5.41, 5.74) is 1.01. The smallest absolute Gasteiger partial charge is 0.475 e. The number of carbonyl (C=O) groups is 2. The van der Waals surface area contributed by atoms with E-state index in [4.69, 9.17) is 14.4 Å². The van der Waals surface area contributed by atoms with Crippen molar-refractivity contribution in [2.24, 2.45) is 0 Å². The lowest BCUT2D eigenvalue weighted by atomic mass is 10.3. The average Bonchev–Trinajstić information content (AvgIpc) is 3.48. The summed E-state index contributed by atoms with van der Waals surface area (Å²) < 4.78 is 38.8. The summed E-state index contributed by atoms with van der Waals surface area (Å²) in [7, 11) is 0. The molecule has 0 fully saturated rings. The molecule has 0 saturated carbocycles. The Morgan fingerprint density at radius 3 is 2.68 bits per heavy atom. The molecule has 13 heteroatoms. The summed E-state index contributed by atoms with van der Waals surface area (Å²) >= 11 is 1.78. The van der Waals surface area contributed by atoms with E-state index < -0.39 is 12.1 Å². The minimum atomic E-state index is -5.08. The molecule has 9 nitrogen and oxygen atoms in total. The van der Waals surface area contributed by atoms with E-state index in [0.29, 0.717) is 6.54 Å². The second-order valence-electron chi connectivity index (χ2n) is 6.47. The Bertz CT molecular complexity index is 1000. The van der Waals surface area contributed by atoms with Crippen molar-refractivity contribution in [3.63, 3.8) is 0 Å². The molecule has 3 aromatic heterocycles. The van der Waals surface area contributed by atoms with Crippen LogP contribution in [0.1, 0.15) is 27.0 Å². The van der Waals surface area contributed by atoms with E-state index >= 15 is 0 Å². The maximum absolute atomic E-state index is 11.9. The van der Waals surface area contributed by atoms with Crippen LogP contribution in [0.5, 0.6) is 0 Å². The van der Waals surface area contributed by atoms with Crippen molar-refractivity contribution in [1.29, 1.82) is 0 Å². The third kappa shape index (κ3) is 6.15. The molecular weight excluding hydrogens is 439 g/mol. The monoisotopic (exact) mass is 457 g/mol. The van der Waals surface area contributed by atoms with Gasteiger partial charge in [0.25, 0.3) is 5.91 Å². The molecule has 166 valence electrons. The topological polar surface area (TPSA) is 113 Å². The molecule has 1 amide bonds. The molecule has 0 radical (unpaired) electrons. The molecule has 0 atom stereocenters. The first-order chi connectivity index (χ1) is 14.7. The number of aliphatic carboxylic acids is 1. The van der Waals surface area contributed by atoms with Crippen LogP contribution >= 0.6 is 11.3 Å². The molecule has 0 aromatic carbocycles. The Balaban J connectivity index is 0.000000339. The van der Waals surface area contributed by atoms with Crippen molar-refractivity contribution in [2.75, 3.05) is 6.54 Å². The van der Waals surface area contributed by atoms with Crippen LogP contribution in [-0.4, -0.2) is 49.3 Å². The second kappa shape index (κ2) is 9.75. The standard InChI is InChI=1S/C16H17N5O2S.C2HF3O2/c22-16(14-3-4-19-23-14)18-9-12-8-17-15-11-20(5-6-21(12)15)10-13-2-1-7-24-13;3-2(4,5)1(6)7/h1-4,7-8H,5-6,9-11H2,(H,18,22);(H,6,7). The van der Waals surface area contributed by atoms with Gasteiger partial charge in [-0.25, -0.2) is 9.78 Å². The Labute approximate surface area is 178 Å². The molecule has 2 N–H and O–H groups in total. The molecule has 0 spiro atoms. The van der Waals surface area contributed by atoms with Crippen LogP contribution in [0.15, 0.2) is 40.5 Å². The molecule has 0 bridgehead atoms. The number of hydrogen-bond acceptors (Lipinski definition) is 7. The van der Waals surface area contributed by atoms with Gasteiger partial charge in [-0.2, -0.15) is 13.2 Å². The predicted molar refractivity (Wildman–Crippen MR) is 102 cm³/mol. The van der Waals surface area contributed by atoms with Gasteiger partial charge in [0.1, 0.15) is 5.82 Å². The number of halogens is 3. The van der Waals surface area contributed by atoms with Crippen LogP contribution < -0.4 is 5.32 Å². The van der Waals surface area contributed by atoms with Crippen molar-refractivity contribution in [3.8, 4) is 0 Å². The first-order valence-electron chi connectivity index (χ1n) is 9.01.